The van der Waals surface area contributed by atoms with E-state index in [1.165, 1.54) is 0 Å². The predicted octanol–water partition coefficient (Wildman–Crippen LogP) is 0.877. The number of carbonyl (C=O) groups excluding carboxylic acids is 1. The fourth-order valence-corrected chi connectivity index (χ4v) is 2.44. The number of rotatable bonds is 4. The molecular weight excluding hydrogens is 282 g/mol. The number of hydrogen-bond acceptors (Lipinski definition) is 6. The zero-order valence-electron chi connectivity index (χ0n) is 12.3. The Morgan fingerprint density at radius 3 is 3.14 bits per heavy atom. The molecule has 7 heteroatoms. The number of ether oxygens (including phenoxy) is 1. The molecule has 114 valence electrons. The molecule has 22 heavy (non-hydrogen) atoms. The summed E-state index contributed by atoms with van der Waals surface area (Å²) in [5.74, 6) is 0.450. The van der Waals surface area contributed by atoms with Crippen LogP contribution in [0.25, 0.3) is 0 Å². The van der Waals surface area contributed by atoms with Crippen LogP contribution in [0.1, 0.15) is 11.3 Å². The first-order valence-electron chi connectivity index (χ1n) is 7.06. The molecule has 2 aromatic rings. The summed E-state index contributed by atoms with van der Waals surface area (Å²) in [6.45, 7) is 1.79. The van der Waals surface area contributed by atoms with Gasteiger partial charge in [0.25, 0.3) is 0 Å². The van der Waals surface area contributed by atoms with Crippen molar-refractivity contribution in [2.24, 2.45) is 0 Å². The van der Waals surface area contributed by atoms with Crippen molar-refractivity contribution in [1.82, 2.24) is 20.1 Å². The van der Waals surface area contributed by atoms with E-state index in [1.54, 1.807) is 25.6 Å². The summed E-state index contributed by atoms with van der Waals surface area (Å²) < 4.78 is 5.10. The summed E-state index contributed by atoms with van der Waals surface area (Å²) in [5.41, 5.74) is 2.74. The molecule has 7 nitrogen and oxygen atoms in total. The summed E-state index contributed by atoms with van der Waals surface area (Å²) >= 11 is 0. The van der Waals surface area contributed by atoms with E-state index in [-0.39, 0.29) is 5.91 Å². The summed E-state index contributed by atoms with van der Waals surface area (Å²) in [6, 6.07) is 5.49. The molecule has 1 N–H and O–H groups in total. The van der Waals surface area contributed by atoms with Crippen LogP contribution >= 0.6 is 0 Å². The van der Waals surface area contributed by atoms with E-state index < -0.39 is 0 Å². The maximum Gasteiger partial charge on any atom is 0.238 e. The van der Waals surface area contributed by atoms with E-state index >= 15 is 0 Å². The second kappa shape index (κ2) is 6.48. The van der Waals surface area contributed by atoms with Crippen LogP contribution in [0.3, 0.4) is 0 Å². The van der Waals surface area contributed by atoms with Gasteiger partial charge in [0.05, 0.1) is 31.2 Å². The quantitative estimate of drug-likeness (QED) is 0.902. The van der Waals surface area contributed by atoms with Crippen molar-refractivity contribution in [2.75, 3.05) is 25.5 Å². The number of hydrogen-bond donors (Lipinski definition) is 1. The Morgan fingerprint density at radius 1 is 1.45 bits per heavy atom. The normalized spacial score (nSPS) is 14.2. The molecular formula is C15H17N5O2. The van der Waals surface area contributed by atoms with E-state index in [9.17, 15) is 4.79 Å². The van der Waals surface area contributed by atoms with Crippen LogP contribution in [0.4, 0.5) is 5.69 Å². The average molecular weight is 299 g/mol. The number of fused-ring (bicyclic) bond motifs is 1. The van der Waals surface area contributed by atoms with E-state index in [1.807, 2.05) is 12.1 Å². The smallest absolute Gasteiger partial charge is 0.238 e. The van der Waals surface area contributed by atoms with Crippen LogP contribution < -0.4 is 10.1 Å². The first kappa shape index (κ1) is 14.4. The minimum Gasteiger partial charge on any atom is -0.480 e. The number of nitrogens with zero attached hydrogens (tertiary/aromatic N) is 4. The molecule has 0 bridgehead atoms. The Kier molecular flexibility index (Phi) is 4.24. The highest BCUT2D eigenvalue weighted by atomic mass is 16.5. The van der Waals surface area contributed by atoms with Gasteiger partial charge in [-0.25, -0.2) is 0 Å². The van der Waals surface area contributed by atoms with Crippen LogP contribution in [0.2, 0.25) is 0 Å². The number of methoxy groups -OCH3 is 1. The van der Waals surface area contributed by atoms with Crippen molar-refractivity contribution in [2.45, 2.75) is 13.0 Å². The van der Waals surface area contributed by atoms with Crippen molar-refractivity contribution in [3.05, 3.63) is 41.9 Å². The largest absolute Gasteiger partial charge is 0.480 e. The van der Waals surface area contributed by atoms with Gasteiger partial charge in [-0.2, -0.15) is 5.10 Å². The Balaban J connectivity index is 1.61. The van der Waals surface area contributed by atoms with E-state index in [2.05, 4.69) is 25.4 Å². The monoisotopic (exact) mass is 299 g/mol. The van der Waals surface area contributed by atoms with Gasteiger partial charge in [0.2, 0.25) is 11.8 Å². The number of anilines is 1. The number of pyridine rings is 1. The highest BCUT2D eigenvalue weighted by molar-refractivity contribution is 5.92. The molecule has 0 aliphatic carbocycles. The topological polar surface area (TPSA) is 80.2 Å². The van der Waals surface area contributed by atoms with Crippen molar-refractivity contribution in [3.8, 4) is 5.88 Å². The molecule has 0 atom stereocenters. The molecule has 0 radical (unpaired) electrons. The lowest BCUT2D eigenvalue weighted by atomic mass is 10.1. The fourth-order valence-electron chi connectivity index (χ4n) is 2.44. The first-order valence-corrected chi connectivity index (χ1v) is 7.06. The predicted molar refractivity (Wildman–Crippen MR) is 80.4 cm³/mol. The number of carbonyl (C=O) groups is 1. The number of amides is 1. The van der Waals surface area contributed by atoms with Gasteiger partial charge in [0.15, 0.2) is 0 Å². The average Bonchev–Trinajstić information content (AvgIpc) is 2.55. The van der Waals surface area contributed by atoms with Crippen LogP contribution in [0, 0.1) is 0 Å². The third-order valence-corrected chi connectivity index (χ3v) is 3.52. The van der Waals surface area contributed by atoms with Gasteiger partial charge in [0, 0.05) is 31.8 Å². The molecule has 1 aliphatic heterocycles. The van der Waals surface area contributed by atoms with Gasteiger partial charge in [-0.1, -0.05) is 0 Å². The molecule has 0 saturated carbocycles. The van der Waals surface area contributed by atoms with Crippen LogP contribution in [-0.2, 0) is 17.8 Å². The molecule has 0 fully saturated rings. The van der Waals surface area contributed by atoms with E-state index in [4.69, 9.17) is 4.74 Å². The van der Waals surface area contributed by atoms with Crippen LogP contribution in [0.5, 0.6) is 5.88 Å². The summed E-state index contributed by atoms with van der Waals surface area (Å²) in [5, 5.41) is 11.0. The van der Waals surface area contributed by atoms with Gasteiger partial charge < -0.3 is 10.1 Å². The summed E-state index contributed by atoms with van der Waals surface area (Å²) in [4.78, 5) is 18.1. The van der Waals surface area contributed by atoms with Crippen molar-refractivity contribution < 1.29 is 9.53 Å². The minimum absolute atomic E-state index is 0.0505. The zero-order valence-corrected chi connectivity index (χ0v) is 12.3. The fraction of sp³-hybridized carbons (Fsp3) is 0.333. The molecule has 2 aromatic heterocycles. The lowest BCUT2D eigenvalue weighted by molar-refractivity contribution is -0.117. The molecule has 1 aliphatic rings. The third-order valence-electron chi connectivity index (χ3n) is 3.52. The van der Waals surface area contributed by atoms with E-state index in [0.717, 1.165) is 24.2 Å². The lowest BCUT2D eigenvalue weighted by Gasteiger charge is -2.27. The second-order valence-corrected chi connectivity index (χ2v) is 5.11. The Morgan fingerprint density at radius 2 is 2.36 bits per heavy atom. The number of aromatic nitrogens is 3. The Labute approximate surface area is 128 Å². The molecule has 0 saturated heterocycles. The van der Waals surface area contributed by atoms with Gasteiger partial charge in [-0.05, 0) is 17.7 Å². The summed E-state index contributed by atoms with van der Waals surface area (Å²) in [7, 11) is 1.57. The van der Waals surface area contributed by atoms with Gasteiger partial charge in [0.1, 0.15) is 0 Å². The van der Waals surface area contributed by atoms with Crippen LogP contribution in [-0.4, -0.2) is 46.2 Å². The van der Waals surface area contributed by atoms with Crippen molar-refractivity contribution >= 4 is 11.6 Å². The highest BCUT2D eigenvalue weighted by Gasteiger charge is 2.20. The molecule has 0 unspecified atom stereocenters. The van der Waals surface area contributed by atoms with Crippen molar-refractivity contribution in [1.29, 1.82) is 0 Å². The van der Waals surface area contributed by atoms with E-state index in [0.29, 0.717) is 24.7 Å². The zero-order chi connectivity index (χ0) is 15.4. The maximum absolute atomic E-state index is 12.1. The summed E-state index contributed by atoms with van der Waals surface area (Å²) in [6.07, 6.45) is 4.09. The Bertz CT molecular complexity index is 662. The molecule has 3 heterocycles. The van der Waals surface area contributed by atoms with Crippen molar-refractivity contribution in [3.63, 3.8) is 0 Å². The Hall–Kier alpha value is -2.54. The number of nitrogens with one attached hydrogen (secondary N) is 1. The second-order valence-electron chi connectivity index (χ2n) is 5.11. The van der Waals surface area contributed by atoms with Gasteiger partial charge in [-0.15, -0.1) is 5.10 Å². The van der Waals surface area contributed by atoms with Gasteiger partial charge in [-0.3, -0.25) is 14.7 Å². The standard InChI is InChI=1S/C15H17N5O2/c1-22-15-7-11-9-20(6-4-13(11)18-19-15)10-14(21)17-12-3-2-5-16-8-12/h2-3,5,7-8H,4,6,9-10H2,1H3,(H,17,21). The molecule has 1 amide bonds. The SMILES string of the molecule is COc1cc2c(nn1)CCN(CC(=O)Nc1cccnc1)C2. The molecule has 0 aromatic carbocycles. The molecule has 3 rings (SSSR count). The van der Waals surface area contributed by atoms with Crippen LogP contribution in [0.15, 0.2) is 30.6 Å². The highest BCUT2D eigenvalue weighted by Crippen LogP contribution is 2.19. The lowest BCUT2D eigenvalue weighted by Crippen LogP contribution is -2.37. The molecule has 0 spiro atoms. The maximum atomic E-state index is 12.1. The van der Waals surface area contributed by atoms with Gasteiger partial charge >= 0.3 is 0 Å². The third kappa shape index (κ3) is 3.37. The first-order chi connectivity index (χ1) is 10.7. The minimum atomic E-state index is -0.0505.